The normalized spacial score (nSPS) is 14.3. The molecule has 0 aliphatic rings. The topological polar surface area (TPSA) is 89.6 Å². The smallest absolute Gasteiger partial charge is 0.315 e. The minimum absolute atomic E-state index is 0.294. The van der Waals surface area contributed by atoms with Gasteiger partial charge in [0.1, 0.15) is 5.60 Å². The summed E-state index contributed by atoms with van der Waals surface area (Å²) in [6.07, 6.45) is -0.294. The highest BCUT2D eigenvalue weighted by Gasteiger charge is 2.32. The summed E-state index contributed by atoms with van der Waals surface area (Å²) in [7, 11) is 0. The molecule has 1 aromatic carbocycles. The van der Waals surface area contributed by atoms with E-state index >= 15 is 0 Å². The second kappa shape index (κ2) is 6.72. The number of carbonyl (C=O) groups is 2. The largest absolute Gasteiger partial charge is 0.481 e. The maximum atomic E-state index is 12.4. The number of nitrogens with two attached hydrogens (primary N) is 1. The average molecular weight is 293 g/mol. The molecule has 0 aromatic heterocycles. The lowest BCUT2D eigenvalue weighted by Crippen LogP contribution is -2.39. The zero-order chi connectivity index (χ0) is 16.2. The zero-order valence-electron chi connectivity index (χ0n) is 12.9. The van der Waals surface area contributed by atoms with Crippen LogP contribution in [-0.2, 0) is 14.3 Å². The molecule has 1 aromatic rings. The molecule has 1 rings (SSSR count). The Kier molecular flexibility index (Phi) is 5.49. The second-order valence-electron chi connectivity index (χ2n) is 6.19. The van der Waals surface area contributed by atoms with Crippen LogP contribution in [0.3, 0.4) is 0 Å². The highest BCUT2D eigenvalue weighted by Crippen LogP contribution is 2.25. The number of aryl methyl sites for hydroxylation is 1. The Morgan fingerprint density at radius 3 is 2.43 bits per heavy atom. The van der Waals surface area contributed by atoms with Crippen LogP contribution in [0.4, 0.5) is 0 Å². The SMILES string of the molecule is Cc1cccc(C(C(=O)OC(C)(C)C)[C@H](N)CC(=O)O)c1. The number of hydrogen-bond donors (Lipinski definition) is 2. The van der Waals surface area contributed by atoms with E-state index in [1.165, 1.54) is 0 Å². The minimum Gasteiger partial charge on any atom is -0.481 e. The fourth-order valence-electron chi connectivity index (χ4n) is 2.11. The highest BCUT2D eigenvalue weighted by molar-refractivity contribution is 5.81. The van der Waals surface area contributed by atoms with Crippen molar-refractivity contribution in [2.75, 3.05) is 0 Å². The molecule has 2 atom stereocenters. The molecule has 0 bridgehead atoms. The van der Waals surface area contributed by atoms with E-state index in [1.54, 1.807) is 26.8 Å². The molecule has 0 heterocycles. The first-order chi connectivity index (χ1) is 9.60. The van der Waals surface area contributed by atoms with Crippen LogP contribution in [0.5, 0.6) is 0 Å². The van der Waals surface area contributed by atoms with Crippen LogP contribution in [0.25, 0.3) is 0 Å². The molecule has 1 unspecified atom stereocenters. The Labute approximate surface area is 125 Å². The third-order valence-corrected chi connectivity index (χ3v) is 2.90. The summed E-state index contributed by atoms with van der Waals surface area (Å²) in [5, 5.41) is 8.92. The van der Waals surface area contributed by atoms with Crippen molar-refractivity contribution in [1.82, 2.24) is 0 Å². The van der Waals surface area contributed by atoms with Gasteiger partial charge in [0.05, 0.1) is 12.3 Å². The van der Waals surface area contributed by atoms with Crippen LogP contribution in [0.15, 0.2) is 24.3 Å². The van der Waals surface area contributed by atoms with Crippen molar-refractivity contribution in [2.45, 2.75) is 51.7 Å². The molecular formula is C16H23NO4. The molecule has 0 amide bonds. The number of carbonyl (C=O) groups excluding carboxylic acids is 1. The van der Waals surface area contributed by atoms with Gasteiger partial charge in [0.2, 0.25) is 0 Å². The van der Waals surface area contributed by atoms with Crippen molar-refractivity contribution in [3.05, 3.63) is 35.4 Å². The Balaban J connectivity index is 3.10. The lowest BCUT2D eigenvalue weighted by atomic mass is 9.89. The molecule has 0 saturated carbocycles. The van der Waals surface area contributed by atoms with Gasteiger partial charge in [-0.2, -0.15) is 0 Å². The van der Waals surface area contributed by atoms with Gasteiger partial charge in [-0.05, 0) is 33.3 Å². The Morgan fingerprint density at radius 1 is 1.33 bits per heavy atom. The number of aliphatic carboxylic acids is 1. The zero-order valence-corrected chi connectivity index (χ0v) is 12.9. The van der Waals surface area contributed by atoms with E-state index in [9.17, 15) is 9.59 Å². The van der Waals surface area contributed by atoms with Crippen molar-refractivity contribution in [3.63, 3.8) is 0 Å². The fraction of sp³-hybridized carbons (Fsp3) is 0.500. The minimum atomic E-state index is -1.04. The molecule has 3 N–H and O–H groups in total. The molecule has 116 valence electrons. The summed E-state index contributed by atoms with van der Waals surface area (Å²) in [5.41, 5.74) is 6.94. The maximum Gasteiger partial charge on any atom is 0.315 e. The second-order valence-corrected chi connectivity index (χ2v) is 6.19. The van der Waals surface area contributed by atoms with Gasteiger partial charge < -0.3 is 15.6 Å². The van der Waals surface area contributed by atoms with Crippen molar-refractivity contribution >= 4 is 11.9 Å². The fourth-order valence-corrected chi connectivity index (χ4v) is 2.11. The summed E-state index contributed by atoms with van der Waals surface area (Å²) >= 11 is 0. The number of ether oxygens (including phenoxy) is 1. The lowest BCUT2D eigenvalue weighted by Gasteiger charge is -2.27. The first-order valence-electron chi connectivity index (χ1n) is 6.87. The number of carboxylic acids is 1. The van der Waals surface area contributed by atoms with Gasteiger partial charge in [-0.1, -0.05) is 29.8 Å². The van der Waals surface area contributed by atoms with E-state index in [4.69, 9.17) is 15.6 Å². The van der Waals surface area contributed by atoms with Gasteiger partial charge in [0, 0.05) is 6.04 Å². The first kappa shape index (κ1) is 17.2. The van der Waals surface area contributed by atoms with Crippen LogP contribution < -0.4 is 5.73 Å². The molecule has 0 saturated heterocycles. The van der Waals surface area contributed by atoms with Gasteiger partial charge in [-0.15, -0.1) is 0 Å². The van der Waals surface area contributed by atoms with E-state index < -0.39 is 29.5 Å². The Bertz CT molecular complexity index is 519. The van der Waals surface area contributed by atoms with E-state index in [-0.39, 0.29) is 6.42 Å². The number of esters is 1. The van der Waals surface area contributed by atoms with E-state index in [1.807, 2.05) is 25.1 Å². The first-order valence-corrected chi connectivity index (χ1v) is 6.87. The van der Waals surface area contributed by atoms with Crippen LogP contribution >= 0.6 is 0 Å². The van der Waals surface area contributed by atoms with Crippen molar-refractivity contribution < 1.29 is 19.4 Å². The number of benzene rings is 1. The Hall–Kier alpha value is -1.88. The molecule has 5 heteroatoms. The van der Waals surface area contributed by atoms with Gasteiger partial charge in [-0.3, -0.25) is 9.59 Å². The van der Waals surface area contributed by atoms with Crippen molar-refractivity contribution in [3.8, 4) is 0 Å². The van der Waals surface area contributed by atoms with Gasteiger partial charge in [0.25, 0.3) is 0 Å². The molecule has 21 heavy (non-hydrogen) atoms. The van der Waals surface area contributed by atoms with Crippen LogP contribution in [-0.4, -0.2) is 28.7 Å². The summed E-state index contributed by atoms with van der Waals surface area (Å²) in [6, 6.07) is 6.48. The third-order valence-electron chi connectivity index (χ3n) is 2.90. The number of rotatable bonds is 5. The number of carboxylic acid groups (broad SMARTS) is 1. The molecule has 5 nitrogen and oxygen atoms in total. The van der Waals surface area contributed by atoms with Crippen LogP contribution in [0, 0.1) is 6.92 Å². The van der Waals surface area contributed by atoms with Crippen LogP contribution in [0.1, 0.15) is 44.2 Å². The third kappa shape index (κ3) is 5.55. The summed E-state index contributed by atoms with van der Waals surface area (Å²) in [6.45, 7) is 7.20. The maximum absolute atomic E-state index is 12.4. The summed E-state index contributed by atoms with van der Waals surface area (Å²) in [5.74, 6) is -2.33. The standard InChI is InChI=1S/C16H23NO4/c1-10-6-5-7-11(8-10)14(12(17)9-13(18)19)15(20)21-16(2,3)4/h5-8,12,14H,9,17H2,1-4H3,(H,18,19)/t12-,14?/m1/s1. The summed E-state index contributed by atoms with van der Waals surface area (Å²) in [4.78, 5) is 23.3. The quantitative estimate of drug-likeness (QED) is 0.812. The number of hydrogen-bond acceptors (Lipinski definition) is 4. The Morgan fingerprint density at radius 2 is 1.95 bits per heavy atom. The summed E-state index contributed by atoms with van der Waals surface area (Å²) < 4.78 is 5.38. The molecule has 0 aliphatic heterocycles. The average Bonchev–Trinajstić information content (AvgIpc) is 2.25. The van der Waals surface area contributed by atoms with Gasteiger partial charge >= 0.3 is 11.9 Å². The molecule has 0 radical (unpaired) electrons. The monoisotopic (exact) mass is 293 g/mol. The predicted molar refractivity (Wildman–Crippen MR) is 80.0 cm³/mol. The van der Waals surface area contributed by atoms with Gasteiger partial charge in [0.15, 0.2) is 0 Å². The highest BCUT2D eigenvalue weighted by atomic mass is 16.6. The molecule has 0 aliphatic carbocycles. The van der Waals surface area contributed by atoms with E-state index in [0.717, 1.165) is 5.56 Å². The predicted octanol–water partition coefficient (Wildman–Crippen LogP) is 2.22. The van der Waals surface area contributed by atoms with Gasteiger partial charge in [-0.25, -0.2) is 0 Å². The van der Waals surface area contributed by atoms with Crippen molar-refractivity contribution in [1.29, 1.82) is 0 Å². The van der Waals surface area contributed by atoms with E-state index in [0.29, 0.717) is 5.56 Å². The lowest BCUT2D eigenvalue weighted by molar-refractivity contribution is -0.157. The molecular weight excluding hydrogens is 270 g/mol. The van der Waals surface area contributed by atoms with Crippen LogP contribution in [0.2, 0.25) is 0 Å². The van der Waals surface area contributed by atoms with E-state index in [2.05, 4.69) is 0 Å². The van der Waals surface area contributed by atoms with Crippen molar-refractivity contribution in [2.24, 2.45) is 5.73 Å². The molecule has 0 fully saturated rings. The molecule has 0 spiro atoms.